The number of hydrogen-bond donors (Lipinski definition) is 2. The number of amides is 1. The topological polar surface area (TPSA) is 50.4 Å². The number of hydrogen-bond acceptors (Lipinski definition) is 3. The van der Waals surface area contributed by atoms with Gasteiger partial charge in [-0.1, -0.05) is 6.92 Å². The van der Waals surface area contributed by atoms with Gasteiger partial charge in [-0.2, -0.15) is 0 Å². The van der Waals surface area contributed by atoms with Crippen LogP contribution in [0, 0.1) is 5.92 Å². The second-order valence-corrected chi connectivity index (χ2v) is 5.73. The van der Waals surface area contributed by atoms with Gasteiger partial charge < -0.3 is 4.74 Å². The Morgan fingerprint density at radius 1 is 1.19 bits per heavy atom. The van der Waals surface area contributed by atoms with Crippen LogP contribution in [0.4, 0.5) is 4.79 Å². The van der Waals surface area contributed by atoms with Gasteiger partial charge in [-0.25, -0.2) is 10.2 Å². The lowest BCUT2D eigenvalue weighted by Gasteiger charge is -2.27. The molecule has 2 N–H and O–H groups in total. The van der Waals surface area contributed by atoms with Crippen LogP contribution < -0.4 is 10.9 Å². The first-order valence-corrected chi connectivity index (χ1v) is 6.11. The van der Waals surface area contributed by atoms with E-state index in [1.54, 1.807) is 0 Å². The normalized spacial score (nSPS) is 26.2. The Hall–Kier alpha value is -0.770. The molecule has 0 aromatic rings. The van der Waals surface area contributed by atoms with Crippen LogP contribution >= 0.6 is 0 Å². The molecule has 94 valence electrons. The number of nitrogens with one attached hydrogen (secondary N) is 2. The molecule has 4 nitrogen and oxygen atoms in total. The first kappa shape index (κ1) is 13.3. The van der Waals surface area contributed by atoms with E-state index in [1.807, 2.05) is 20.8 Å². The van der Waals surface area contributed by atoms with E-state index in [2.05, 4.69) is 17.8 Å². The SMILES string of the molecule is CC1CCC(NNC(=O)OC(C)(C)C)CC1. The first-order valence-electron chi connectivity index (χ1n) is 6.11. The van der Waals surface area contributed by atoms with Crippen LogP contribution in [0.2, 0.25) is 0 Å². The molecule has 0 unspecified atom stereocenters. The predicted octanol–water partition coefficient (Wildman–Crippen LogP) is 2.59. The van der Waals surface area contributed by atoms with Gasteiger partial charge in [0.05, 0.1) is 0 Å². The minimum Gasteiger partial charge on any atom is -0.443 e. The highest BCUT2D eigenvalue weighted by Gasteiger charge is 2.20. The summed E-state index contributed by atoms with van der Waals surface area (Å²) in [4.78, 5) is 11.4. The third kappa shape index (κ3) is 5.35. The van der Waals surface area contributed by atoms with Crippen molar-refractivity contribution in [2.24, 2.45) is 5.92 Å². The summed E-state index contributed by atoms with van der Waals surface area (Å²) in [5.74, 6) is 0.819. The minimum atomic E-state index is -0.438. The molecule has 1 amide bonds. The summed E-state index contributed by atoms with van der Waals surface area (Å²) in [5.41, 5.74) is 5.21. The number of rotatable bonds is 2. The molecular weight excluding hydrogens is 204 g/mol. The summed E-state index contributed by atoms with van der Waals surface area (Å²) in [7, 11) is 0. The number of carbonyl (C=O) groups is 1. The van der Waals surface area contributed by atoms with Gasteiger partial charge in [-0.3, -0.25) is 5.43 Å². The molecule has 0 aromatic heterocycles. The van der Waals surface area contributed by atoms with Gasteiger partial charge in [-0.15, -0.1) is 0 Å². The molecule has 0 bridgehead atoms. The summed E-state index contributed by atoms with van der Waals surface area (Å²) in [5, 5.41) is 0. The standard InChI is InChI=1S/C12H24N2O2/c1-9-5-7-10(8-6-9)13-14-11(15)16-12(2,3)4/h9-10,13H,5-8H2,1-4H3,(H,14,15). The van der Waals surface area contributed by atoms with Crippen molar-refractivity contribution in [3.63, 3.8) is 0 Å². The molecule has 1 aliphatic carbocycles. The van der Waals surface area contributed by atoms with E-state index in [0.717, 1.165) is 18.8 Å². The van der Waals surface area contributed by atoms with E-state index in [0.29, 0.717) is 6.04 Å². The fraction of sp³-hybridized carbons (Fsp3) is 0.917. The number of hydrazine groups is 1. The van der Waals surface area contributed by atoms with Gasteiger partial charge >= 0.3 is 6.09 Å². The van der Waals surface area contributed by atoms with Gasteiger partial charge in [0.25, 0.3) is 0 Å². The monoisotopic (exact) mass is 228 g/mol. The van der Waals surface area contributed by atoms with Gasteiger partial charge in [0.15, 0.2) is 0 Å². The Balaban J connectivity index is 2.17. The molecule has 4 heteroatoms. The van der Waals surface area contributed by atoms with Gasteiger partial charge in [0.2, 0.25) is 0 Å². The van der Waals surface area contributed by atoms with Crippen molar-refractivity contribution in [2.75, 3.05) is 0 Å². The van der Waals surface area contributed by atoms with Crippen molar-refractivity contribution in [3.05, 3.63) is 0 Å². The molecule has 1 fully saturated rings. The number of carbonyl (C=O) groups excluding carboxylic acids is 1. The second kappa shape index (κ2) is 5.53. The molecule has 1 rings (SSSR count). The van der Waals surface area contributed by atoms with Crippen LogP contribution in [0.1, 0.15) is 53.4 Å². The van der Waals surface area contributed by atoms with Crippen LogP contribution in [0.25, 0.3) is 0 Å². The smallest absolute Gasteiger partial charge is 0.422 e. The Morgan fingerprint density at radius 2 is 1.75 bits per heavy atom. The zero-order valence-corrected chi connectivity index (χ0v) is 10.8. The van der Waals surface area contributed by atoms with Crippen LogP contribution in [0.5, 0.6) is 0 Å². The van der Waals surface area contributed by atoms with Crippen molar-refractivity contribution in [3.8, 4) is 0 Å². The Kier molecular flexibility index (Phi) is 4.59. The van der Waals surface area contributed by atoms with Crippen molar-refractivity contribution in [1.82, 2.24) is 10.9 Å². The lowest BCUT2D eigenvalue weighted by molar-refractivity contribution is 0.0480. The van der Waals surface area contributed by atoms with Crippen LogP contribution in [0.3, 0.4) is 0 Å². The third-order valence-corrected chi connectivity index (χ3v) is 2.79. The van der Waals surface area contributed by atoms with E-state index < -0.39 is 11.7 Å². The molecule has 1 saturated carbocycles. The molecule has 0 spiro atoms. The van der Waals surface area contributed by atoms with E-state index in [4.69, 9.17) is 4.74 Å². The van der Waals surface area contributed by atoms with Gasteiger partial charge in [0, 0.05) is 6.04 Å². The molecule has 0 saturated heterocycles. The molecule has 0 aromatic carbocycles. The number of ether oxygens (including phenoxy) is 1. The largest absolute Gasteiger partial charge is 0.443 e. The lowest BCUT2D eigenvalue weighted by Crippen LogP contribution is -2.47. The van der Waals surface area contributed by atoms with E-state index in [-0.39, 0.29) is 0 Å². The summed E-state index contributed by atoms with van der Waals surface area (Å²) in [6.45, 7) is 7.84. The third-order valence-electron chi connectivity index (χ3n) is 2.79. The predicted molar refractivity (Wildman–Crippen MR) is 63.9 cm³/mol. The highest BCUT2D eigenvalue weighted by molar-refractivity contribution is 5.67. The molecule has 0 heterocycles. The van der Waals surface area contributed by atoms with Crippen molar-refractivity contribution < 1.29 is 9.53 Å². The average Bonchev–Trinajstić information content (AvgIpc) is 2.14. The van der Waals surface area contributed by atoms with Crippen LogP contribution in [0.15, 0.2) is 0 Å². The van der Waals surface area contributed by atoms with Crippen LogP contribution in [-0.2, 0) is 4.74 Å². The Labute approximate surface area is 98.1 Å². The maximum Gasteiger partial charge on any atom is 0.422 e. The van der Waals surface area contributed by atoms with E-state index in [1.165, 1.54) is 12.8 Å². The fourth-order valence-electron chi connectivity index (χ4n) is 1.87. The van der Waals surface area contributed by atoms with E-state index >= 15 is 0 Å². The quantitative estimate of drug-likeness (QED) is 0.714. The highest BCUT2D eigenvalue weighted by Crippen LogP contribution is 2.22. The van der Waals surface area contributed by atoms with E-state index in [9.17, 15) is 4.79 Å². The molecule has 0 aliphatic heterocycles. The molecule has 16 heavy (non-hydrogen) atoms. The zero-order valence-electron chi connectivity index (χ0n) is 10.8. The lowest BCUT2D eigenvalue weighted by atomic mass is 9.88. The van der Waals surface area contributed by atoms with Crippen LogP contribution in [-0.4, -0.2) is 17.7 Å². The van der Waals surface area contributed by atoms with Gasteiger partial charge in [0.1, 0.15) is 5.60 Å². The summed E-state index contributed by atoms with van der Waals surface area (Å²) in [6, 6.07) is 0.392. The Bertz CT molecular complexity index is 228. The highest BCUT2D eigenvalue weighted by atomic mass is 16.6. The maximum absolute atomic E-state index is 11.4. The minimum absolute atomic E-state index is 0.392. The first-order chi connectivity index (χ1) is 7.37. The van der Waals surface area contributed by atoms with Crippen molar-refractivity contribution in [2.45, 2.75) is 65.0 Å². The molecule has 0 atom stereocenters. The summed E-state index contributed by atoms with van der Waals surface area (Å²) >= 11 is 0. The fourth-order valence-corrected chi connectivity index (χ4v) is 1.87. The average molecular weight is 228 g/mol. The maximum atomic E-state index is 11.4. The zero-order chi connectivity index (χ0) is 12.2. The van der Waals surface area contributed by atoms with Crippen molar-refractivity contribution >= 4 is 6.09 Å². The Morgan fingerprint density at radius 3 is 2.25 bits per heavy atom. The molecular formula is C12H24N2O2. The summed E-state index contributed by atoms with van der Waals surface area (Å²) < 4.78 is 5.14. The van der Waals surface area contributed by atoms with Gasteiger partial charge in [-0.05, 0) is 52.4 Å². The summed E-state index contributed by atoms with van der Waals surface area (Å²) in [6.07, 6.45) is 4.31. The van der Waals surface area contributed by atoms with Crippen molar-refractivity contribution in [1.29, 1.82) is 0 Å². The molecule has 0 radical (unpaired) electrons. The second-order valence-electron chi connectivity index (χ2n) is 5.73. The molecule has 1 aliphatic rings.